The minimum absolute atomic E-state index is 0.177. The lowest BCUT2D eigenvalue weighted by Crippen LogP contribution is -2.45. The monoisotopic (exact) mass is 465 g/mol. The summed E-state index contributed by atoms with van der Waals surface area (Å²) in [5.41, 5.74) is 1.03. The van der Waals surface area contributed by atoms with Crippen LogP contribution in [0.3, 0.4) is 0 Å². The van der Waals surface area contributed by atoms with E-state index in [0.29, 0.717) is 23.6 Å². The minimum Gasteiger partial charge on any atom is -0.353 e. The van der Waals surface area contributed by atoms with Crippen LogP contribution in [0.15, 0.2) is 61.1 Å². The molecule has 0 spiro atoms. The average molecular weight is 466 g/mol. The smallest absolute Gasteiger partial charge is 0.252 e. The van der Waals surface area contributed by atoms with Gasteiger partial charge in [-0.3, -0.25) is 14.6 Å². The van der Waals surface area contributed by atoms with E-state index in [-0.39, 0.29) is 11.5 Å². The maximum Gasteiger partial charge on any atom is 0.252 e. The molecular weight excluding hydrogens is 440 g/mol. The van der Waals surface area contributed by atoms with E-state index in [1.165, 1.54) is 30.6 Å². The fraction of sp³-hybridized carbons (Fsp3) is 0.280. The quantitative estimate of drug-likeness (QED) is 0.444. The highest BCUT2D eigenvalue weighted by Crippen LogP contribution is 2.29. The van der Waals surface area contributed by atoms with Crippen molar-refractivity contribution in [3.05, 3.63) is 78.3 Å². The van der Waals surface area contributed by atoms with Crippen LogP contribution < -0.4 is 16.0 Å². The van der Waals surface area contributed by atoms with Crippen LogP contribution in [-0.2, 0) is 4.79 Å². The molecule has 1 atom stereocenters. The number of pyridine rings is 2. The number of anilines is 3. The highest BCUT2D eigenvalue weighted by molar-refractivity contribution is 6.01. The number of carbonyl (C=O) groups excluding carboxylic acids is 2. The molecule has 1 aliphatic rings. The first-order chi connectivity index (χ1) is 16.5. The molecule has 1 fully saturated rings. The van der Waals surface area contributed by atoms with E-state index in [1.54, 1.807) is 24.3 Å². The van der Waals surface area contributed by atoms with E-state index in [4.69, 9.17) is 0 Å². The zero-order valence-corrected chi connectivity index (χ0v) is 18.4. The van der Waals surface area contributed by atoms with Crippen molar-refractivity contribution in [2.75, 3.05) is 10.6 Å². The molecule has 2 aromatic heterocycles. The zero-order chi connectivity index (χ0) is 23.9. The molecule has 7 nitrogen and oxygen atoms in total. The summed E-state index contributed by atoms with van der Waals surface area (Å²) in [5.74, 6) is -2.03. The van der Waals surface area contributed by atoms with Crippen LogP contribution in [0.5, 0.6) is 0 Å². The van der Waals surface area contributed by atoms with E-state index in [1.807, 2.05) is 0 Å². The molecule has 0 aliphatic heterocycles. The number of halogens is 2. The maximum atomic E-state index is 14.0. The molecule has 0 saturated heterocycles. The topological polar surface area (TPSA) is 96.0 Å². The number of amides is 2. The van der Waals surface area contributed by atoms with Gasteiger partial charge in [0.15, 0.2) is 17.5 Å². The van der Waals surface area contributed by atoms with Gasteiger partial charge < -0.3 is 16.0 Å². The number of aromatic nitrogens is 2. The number of nitrogens with one attached hydrogen (secondary N) is 3. The highest BCUT2D eigenvalue weighted by Gasteiger charge is 2.28. The molecule has 176 valence electrons. The van der Waals surface area contributed by atoms with Gasteiger partial charge in [0, 0.05) is 23.6 Å². The van der Waals surface area contributed by atoms with Crippen molar-refractivity contribution in [2.45, 2.75) is 38.1 Å². The summed E-state index contributed by atoms with van der Waals surface area (Å²) in [6.45, 7) is 0. The van der Waals surface area contributed by atoms with Gasteiger partial charge in [-0.15, -0.1) is 0 Å². The maximum absolute atomic E-state index is 14.0. The molecule has 1 saturated carbocycles. The molecule has 3 aromatic rings. The molecule has 2 amide bonds. The normalized spacial score (nSPS) is 14.4. The molecule has 34 heavy (non-hydrogen) atoms. The van der Waals surface area contributed by atoms with Crippen molar-refractivity contribution in [2.24, 2.45) is 5.92 Å². The molecule has 3 N–H and O–H groups in total. The van der Waals surface area contributed by atoms with Crippen LogP contribution in [0.1, 0.15) is 42.5 Å². The zero-order valence-electron chi connectivity index (χ0n) is 18.4. The minimum atomic E-state index is -0.855. The summed E-state index contributed by atoms with van der Waals surface area (Å²) < 4.78 is 27.9. The molecule has 1 aromatic carbocycles. The van der Waals surface area contributed by atoms with Gasteiger partial charge in [0.05, 0.1) is 11.9 Å². The highest BCUT2D eigenvalue weighted by atomic mass is 19.1. The lowest BCUT2D eigenvalue weighted by molar-refractivity contribution is -0.118. The molecule has 1 aliphatic carbocycles. The Balaban J connectivity index is 1.49. The van der Waals surface area contributed by atoms with Gasteiger partial charge in [-0.25, -0.2) is 13.8 Å². The number of nitrogens with zero attached hydrogens (tertiary/aromatic N) is 2. The first kappa shape index (κ1) is 23.3. The third-order valence-corrected chi connectivity index (χ3v) is 5.84. The molecular formula is C25H25F2N5O2. The van der Waals surface area contributed by atoms with Crippen molar-refractivity contribution in [1.82, 2.24) is 15.3 Å². The van der Waals surface area contributed by atoms with Gasteiger partial charge >= 0.3 is 0 Å². The number of hydrogen-bond donors (Lipinski definition) is 3. The Labute approximate surface area is 196 Å². The lowest BCUT2D eigenvalue weighted by atomic mass is 9.97. The summed E-state index contributed by atoms with van der Waals surface area (Å²) in [6, 6.07) is 9.80. The fourth-order valence-electron chi connectivity index (χ4n) is 4.10. The molecule has 0 unspecified atom stereocenters. The van der Waals surface area contributed by atoms with Gasteiger partial charge in [0.2, 0.25) is 5.91 Å². The Morgan fingerprint density at radius 1 is 1.03 bits per heavy atom. The van der Waals surface area contributed by atoms with Gasteiger partial charge in [0.1, 0.15) is 6.04 Å². The fourth-order valence-corrected chi connectivity index (χ4v) is 4.10. The summed E-state index contributed by atoms with van der Waals surface area (Å²) in [7, 11) is 0. The van der Waals surface area contributed by atoms with E-state index < -0.39 is 29.5 Å². The third-order valence-electron chi connectivity index (χ3n) is 5.84. The Morgan fingerprint density at radius 2 is 1.85 bits per heavy atom. The van der Waals surface area contributed by atoms with Crippen molar-refractivity contribution in [3.63, 3.8) is 0 Å². The van der Waals surface area contributed by atoms with Crippen LogP contribution in [0.4, 0.5) is 26.0 Å². The molecule has 9 heteroatoms. The van der Waals surface area contributed by atoms with E-state index in [2.05, 4.69) is 25.9 Å². The molecule has 0 radical (unpaired) electrons. The second-order valence-electron chi connectivity index (χ2n) is 8.30. The Kier molecular flexibility index (Phi) is 7.41. The molecule has 4 rings (SSSR count). The van der Waals surface area contributed by atoms with Gasteiger partial charge in [-0.1, -0.05) is 31.7 Å². The van der Waals surface area contributed by atoms with Crippen LogP contribution in [0.2, 0.25) is 0 Å². The van der Waals surface area contributed by atoms with E-state index in [0.717, 1.165) is 31.9 Å². The second kappa shape index (κ2) is 10.8. The van der Waals surface area contributed by atoms with Crippen molar-refractivity contribution >= 4 is 29.0 Å². The van der Waals surface area contributed by atoms with Crippen LogP contribution in [0.25, 0.3) is 0 Å². The summed E-state index contributed by atoms with van der Waals surface area (Å²) in [6.07, 6.45) is 8.51. The number of rotatable bonds is 8. The van der Waals surface area contributed by atoms with Crippen LogP contribution in [-0.4, -0.2) is 27.8 Å². The van der Waals surface area contributed by atoms with Crippen molar-refractivity contribution in [1.29, 1.82) is 0 Å². The Morgan fingerprint density at radius 3 is 2.62 bits per heavy atom. The Bertz CT molecular complexity index is 1170. The Hall–Kier alpha value is -3.88. The SMILES string of the molecule is O=C(N[C@@H](CC1CCCC1)C(=O)Nc1ncccc1F)c1cccc(Nc2ccncc2F)c1. The second-order valence-corrected chi connectivity index (χ2v) is 8.30. The summed E-state index contributed by atoms with van der Waals surface area (Å²) >= 11 is 0. The van der Waals surface area contributed by atoms with Gasteiger partial charge in [-0.05, 0) is 48.7 Å². The third kappa shape index (κ3) is 5.92. The standard InChI is InChI=1S/C25H25F2N5O2/c26-19-9-4-11-29-23(19)32-25(34)22(13-16-5-1-2-6-16)31-24(33)17-7-3-8-18(14-17)30-21-10-12-28-15-20(21)27/h3-4,7-12,14-16,22H,1-2,5-6,13H2,(H,28,30)(H,31,33)(H,29,32,34)/t22-/m0/s1. The first-order valence-corrected chi connectivity index (χ1v) is 11.2. The largest absolute Gasteiger partial charge is 0.353 e. The summed E-state index contributed by atoms with van der Waals surface area (Å²) in [4.78, 5) is 33.6. The summed E-state index contributed by atoms with van der Waals surface area (Å²) in [5, 5.41) is 8.20. The number of hydrogen-bond acceptors (Lipinski definition) is 5. The first-order valence-electron chi connectivity index (χ1n) is 11.2. The van der Waals surface area contributed by atoms with Crippen molar-refractivity contribution < 1.29 is 18.4 Å². The number of benzene rings is 1. The van der Waals surface area contributed by atoms with Gasteiger partial charge in [-0.2, -0.15) is 0 Å². The number of carbonyl (C=O) groups is 2. The van der Waals surface area contributed by atoms with E-state index in [9.17, 15) is 18.4 Å². The van der Waals surface area contributed by atoms with E-state index >= 15 is 0 Å². The predicted molar refractivity (Wildman–Crippen MR) is 125 cm³/mol. The van der Waals surface area contributed by atoms with Gasteiger partial charge in [0.25, 0.3) is 5.91 Å². The molecule has 0 bridgehead atoms. The lowest BCUT2D eigenvalue weighted by Gasteiger charge is -2.21. The average Bonchev–Trinajstić information content (AvgIpc) is 3.35. The van der Waals surface area contributed by atoms with Crippen LogP contribution in [0, 0.1) is 17.6 Å². The molecule has 2 heterocycles. The van der Waals surface area contributed by atoms with Crippen molar-refractivity contribution in [3.8, 4) is 0 Å². The predicted octanol–water partition coefficient (Wildman–Crippen LogP) is 4.82. The van der Waals surface area contributed by atoms with Crippen LogP contribution >= 0.6 is 0 Å².